The van der Waals surface area contributed by atoms with Crippen molar-refractivity contribution in [2.24, 2.45) is 11.8 Å². The van der Waals surface area contributed by atoms with Crippen LogP contribution in [-0.2, 0) is 25.6 Å². The van der Waals surface area contributed by atoms with Crippen LogP contribution in [0.4, 0.5) is 5.69 Å². The lowest BCUT2D eigenvalue weighted by Gasteiger charge is -2.50. The van der Waals surface area contributed by atoms with E-state index in [1.807, 2.05) is 5.32 Å². The molecule has 0 radical (unpaired) electrons. The first-order chi connectivity index (χ1) is 16.7. The van der Waals surface area contributed by atoms with Crippen molar-refractivity contribution in [1.82, 2.24) is 10.2 Å². The molecule has 2 amide bonds. The summed E-state index contributed by atoms with van der Waals surface area (Å²) in [5, 5.41) is 46.4. The highest BCUT2D eigenvalue weighted by Crippen LogP contribution is 2.53. The van der Waals surface area contributed by atoms with Crippen LogP contribution in [0.25, 0.3) is 5.76 Å². The third-order valence-electron chi connectivity index (χ3n) is 7.33. The number of likely N-dealkylation sites (N-methyl/N-ethyl adjacent to an activating group) is 1. The highest BCUT2D eigenvalue weighted by molar-refractivity contribution is 6.26. The molecule has 4 rings (SSSR count). The molecule has 1 saturated carbocycles. The van der Waals surface area contributed by atoms with E-state index in [4.69, 9.17) is 0 Å². The van der Waals surface area contributed by atoms with E-state index in [1.54, 1.807) is 25.1 Å². The van der Waals surface area contributed by atoms with Crippen LogP contribution in [-0.4, -0.2) is 88.5 Å². The van der Waals surface area contributed by atoms with Crippen LogP contribution in [0.15, 0.2) is 29.0 Å². The fraction of sp³-hybridized carbons (Fsp3) is 0.440. The van der Waals surface area contributed by atoms with Crippen LogP contribution in [0.5, 0.6) is 5.75 Å². The molecule has 11 nitrogen and oxygen atoms in total. The lowest BCUT2D eigenvalue weighted by Crippen LogP contribution is -2.66. The summed E-state index contributed by atoms with van der Waals surface area (Å²) in [6, 6.07) is 1.90. The Balaban J connectivity index is 1.97. The number of amides is 2. The summed E-state index contributed by atoms with van der Waals surface area (Å²) in [5.74, 6) is -7.66. The molecular formula is C25H29N3O8. The summed E-state index contributed by atoms with van der Waals surface area (Å²) in [6.45, 7) is 1.04. The number of ketones is 2. The standard InChI is InChI=1S/C25H29N3O8/c1-10(29)26-24(35)18-21(32)19(28(4)5)13-9-11-8-12-14(27(2)3)6-7-15(30)17(12)20(31)16(11)22(33)25(13,36)23(18)34/h6-7,11,13,19,30-31,34,36H,8-9H2,1-5H3,(H,26,29,35)/t11-,13-,19-,25-/m0/s1. The van der Waals surface area contributed by atoms with E-state index < -0.39 is 64.0 Å². The van der Waals surface area contributed by atoms with Gasteiger partial charge in [0.25, 0.3) is 5.91 Å². The van der Waals surface area contributed by atoms with E-state index in [2.05, 4.69) is 0 Å². The van der Waals surface area contributed by atoms with Crippen LogP contribution in [0.3, 0.4) is 0 Å². The zero-order chi connectivity index (χ0) is 26.9. The maximum absolute atomic E-state index is 13.9. The molecule has 36 heavy (non-hydrogen) atoms. The molecule has 0 unspecified atom stereocenters. The minimum absolute atomic E-state index is 0.0177. The van der Waals surface area contributed by atoms with Gasteiger partial charge in [0.1, 0.15) is 22.8 Å². The van der Waals surface area contributed by atoms with Crippen molar-refractivity contribution in [3.63, 3.8) is 0 Å². The average Bonchev–Trinajstić information content (AvgIpc) is 2.75. The Morgan fingerprint density at radius 3 is 2.28 bits per heavy atom. The molecule has 0 heterocycles. The molecule has 0 aromatic heterocycles. The van der Waals surface area contributed by atoms with Gasteiger partial charge in [-0.3, -0.25) is 29.4 Å². The van der Waals surface area contributed by atoms with Gasteiger partial charge < -0.3 is 25.3 Å². The fourth-order valence-corrected chi connectivity index (χ4v) is 5.85. The average molecular weight is 500 g/mol. The quantitative estimate of drug-likeness (QED) is 0.363. The zero-order valence-electron chi connectivity index (χ0n) is 20.6. The van der Waals surface area contributed by atoms with E-state index >= 15 is 0 Å². The maximum Gasteiger partial charge on any atom is 0.265 e. The van der Waals surface area contributed by atoms with Crippen molar-refractivity contribution in [2.75, 3.05) is 33.1 Å². The molecule has 192 valence electrons. The molecular weight excluding hydrogens is 470 g/mol. The Labute approximate surface area is 207 Å². The number of nitrogens with zero attached hydrogens (tertiary/aromatic N) is 2. The topological polar surface area (TPSA) is 168 Å². The van der Waals surface area contributed by atoms with Gasteiger partial charge in [-0.15, -0.1) is 0 Å². The summed E-state index contributed by atoms with van der Waals surface area (Å²) in [4.78, 5) is 54.6. The number of hydrogen-bond acceptors (Lipinski definition) is 10. The molecule has 1 aromatic rings. The monoisotopic (exact) mass is 499 g/mol. The number of fused-ring (bicyclic) bond motifs is 3. The molecule has 4 atom stereocenters. The second-order valence-corrected chi connectivity index (χ2v) is 9.96. The summed E-state index contributed by atoms with van der Waals surface area (Å²) in [6.07, 6.45) is 0.245. The van der Waals surface area contributed by atoms with Gasteiger partial charge in [0.05, 0.1) is 11.6 Å². The highest BCUT2D eigenvalue weighted by Gasteiger charge is 2.64. The van der Waals surface area contributed by atoms with E-state index in [1.165, 1.54) is 25.1 Å². The second kappa shape index (κ2) is 8.45. The number of phenols is 1. The zero-order valence-corrected chi connectivity index (χ0v) is 20.6. The second-order valence-electron chi connectivity index (χ2n) is 9.96. The van der Waals surface area contributed by atoms with Crippen molar-refractivity contribution >= 4 is 34.8 Å². The molecule has 3 aliphatic rings. The van der Waals surface area contributed by atoms with Gasteiger partial charge in [-0.05, 0) is 50.6 Å². The van der Waals surface area contributed by atoms with Gasteiger partial charge in [0, 0.05) is 38.2 Å². The highest BCUT2D eigenvalue weighted by atomic mass is 16.3. The predicted octanol–water partition coefficient (Wildman–Crippen LogP) is 0.207. The minimum atomic E-state index is -2.71. The number of phenolic OH excluding ortho intramolecular Hbond substituents is 1. The number of anilines is 1. The number of Topliss-reactive ketones (excluding diaryl/α,β-unsaturated/α-hetero) is 2. The Morgan fingerprint density at radius 1 is 1.08 bits per heavy atom. The van der Waals surface area contributed by atoms with Crippen LogP contribution in [0, 0.1) is 11.8 Å². The summed E-state index contributed by atoms with van der Waals surface area (Å²) >= 11 is 0. The summed E-state index contributed by atoms with van der Waals surface area (Å²) in [5.41, 5.74) is -2.42. The number of aliphatic hydroxyl groups excluding tert-OH is 2. The molecule has 11 heteroatoms. The number of nitrogens with one attached hydrogen (secondary N) is 1. The van der Waals surface area contributed by atoms with Crippen LogP contribution in [0.1, 0.15) is 24.5 Å². The Morgan fingerprint density at radius 2 is 1.72 bits per heavy atom. The first kappa shape index (κ1) is 25.4. The van der Waals surface area contributed by atoms with Gasteiger partial charge in [-0.1, -0.05) is 0 Å². The number of hydrogen-bond donors (Lipinski definition) is 5. The van der Waals surface area contributed by atoms with Crippen LogP contribution < -0.4 is 10.2 Å². The van der Waals surface area contributed by atoms with Crippen LogP contribution >= 0.6 is 0 Å². The molecule has 0 saturated heterocycles. The normalized spacial score (nSPS) is 27.5. The van der Waals surface area contributed by atoms with Gasteiger partial charge in [0.2, 0.25) is 11.7 Å². The Hall–Kier alpha value is -3.70. The summed E-state index contributed by atoms with van der Waals surface area (Å²) in [7, 11) is 6.67. The van der Waals surface area contributed by atoms with Crippen LogP contribution in [0.2, 0.25) is 0 Å². The largest absolute Gasteiger partial charge is 0.508 e. The predicted molar refractivity (Wildman–Crippen MR) is 128 cm³/mol. The molecule has 3 aliphatic carbocycles. The Bertz CT molecular complexity index is 1280. The number of aromatic hydroxyl groups is 1. The third-order valence-corrected chi connectivity index (χ3v) is 7.33. The lowest BCUT2D eigenvalue weighted by molar-refractivity contribution is -0.153. The Kier molecular flexibility index (Phi) is 5.96. The fourth-order valence-electron chi connectivity index (χ4n) is 5.85. The molecule has 1 fully saturated rings. The van der Waals surface area contributed by atoms with Crippen molar-refractivity contribution in [2.45, 2.75) is 31.4 Å². The van der Waals surface area contributed by atoms with Crippen molar-refractivity contribution in [3.8, 4) is 5.75 Å². The molecule has 1 aromatic carbocycles. The van der Waals surface area contributed by atoms with Gasteiger partial charge in [-0.25, -0.2) is 0 Å². The maximum atomic E-state index is 13.9. The molecule has 0 spiro atoms. The number of rotatable bonds is 3. The smallest absolute Gasteiger partial charge is 0.265 e. The number of benzene rings is 1. The van der Waals surface area contributed by atoms with E-state index in [0.717, 1.165) is 12.6 Å². The number of imide groups is 1. The number of aliphatic hydroxyl groups is 3. The lowest BCUT2D eigenvalue weighted by atomic mass is 9.57. The summed E-state index contributed by atoms with van der Waals surface area (Å²) < 4.78 is 0. The van der Waals surface area contributed by atoms with E-state index in [9.17, 15) is 39.6 Å². The first-order valence-electron chi connectivity index (χ1n) is 11.4. The SMILES string of the molecule is CC(=O)NC(=O)C1=C(O)[C@@]2(O)C(=O)C3=C(O)c4c(O)ccc(N(C)C)c4C[C@H]3C[C@H]2[C@H](N(C)C)C1=O. The van der Waals surface area contributed by atoms with Gasteiger partial charge >= 0.3 is 0 Å². The first-order valence-corrected chi connectivity index (χ1v) is 11.4. The van der Waals surface area contributed by atoms with E-state index in [-0.39, 0.29) is 29.7 Å². The van der Waals surface area contributed by atoms with E-state index in [0.29, 0.717) is 5.56 Å². The van der Waals surface area contributed by atoms with Gasteiger partial charge in [-0.2, -0.15) is 0 Å². The van der Waals surface area contributed by atoms with Gasteiger partial charge in [0.15, 0.2) is 11.4 Å². The van der Waals surface area contributed by atoms with Crippen molar-refractivity contribution in [3.05, 3.63) is 40.2 Å². The minimum Gasteiger partial charge on any atom is -0.508 e. The number of carbonyl (C=O) groups is 4. The third kappa shape index (κ3) is 3.41. The molecule has 5 N–H and O–H groups in total. The van der Waals surface area contributed by atoms with Crippen molar-refractivity contribution < 1.29 is 39.6 Å². The van der Waals surface area contributed by atoms with Crippen molar-refractivity contribution in [1.29, 1.82) is 0 Å². The molecule has 0 bridgehead atoms. The molecule has 0 aliphatic heterocycles. The number of carbonyl (C=O) groups excluding carboxylic acids is 4.